The van der Waals surface area contributed by atoms with Gasteiger partial charge in [-0.3, -0.25) is 5.10 Å². The van der Waals surface area contributed by atoms with Gasteiger partial charge >= 0.3 is 0 Å². The molecule has 15 heavy (non-hydrogen) atoms. The topological polar surface area (TPSA) is 53.6 Å². The number of hydrogen-bond donors (Lipinski definition) is 2. The first-order valence-electron chi connectivity index (χ1n) is 4.28. The van der Waals surface area contributed by atoms with Crippen molar-refractivity contribution in [2.75, 3.05) is 5.32 Å². The third kappa shape index (κ3) is 2.28. The van der Waals surface area contributed by atoms with Crippen molar-refractivity contribution in [3.8, 4) is 0 Å². The van der Waals surface area contributed by atoms with Gasteiger partial charge in [0.15, 0.2) is 11.6 Å². The Morgan fingerprint density at radius 1 is 1.33 bits per heavy atom. The van der Waals surface area contributed by atoms with Gasteiger partial charge in [-0.15, -0.1) is 0 Å². The number of pyridine rings is 1. The van der Waals surface area contributed by atoms with Gasteiger partial charge in [0.2, 0.25) is 0 Å². The Balaban J connectivity index is 2.05. The van der Waals surface area contributed by atoms with Crippen molar-refractivity contribution < 1.29 is 8.78 Å². The average molecular weight is 210 g/mol. The van der Waals surface area contributed by atoms with Crippen LogP contribution >= 0.6 is 0 Å². The Kier molecular flexibility index (Phi) is 2.57. The summed E-state index contributed by atoms with van der Waals surface area (Å²) in [7, 11) is 0. The van der Waals surface area contributed by atoms with E-state index in [4.69, 9.17) is 0 Å². The Bertz CT molecular complexity index is 441. The number of halogens is 2. The number of H-pyrrole nitrogens is 1. The molecule has 2 N–H and O–H groups in total. The molecule has 2 aromatic rings. The number of nitrogens with zero attached hydrogens (tertiary/aromatic N) is 2. The summed E-state index contributed by atoms with van der Waals surface area (Å²) < 4.78 is 25.6. The van der Waals surface area contributed by atoms with E-state index in [0.29, 0.717) is 6.54 Å². The second-order valence-electron chi connectivity index (χ2n) is 2.94. The highest BCUT2D eigenvalue weighted by Crippen LogP contribution is 2.11. The molecule has 0 aliphatic carbocycles. The van der Waals surface area contributed by atoms with Crippen LogP contribution in [0.1, 0.15) is 5.56 Å². The molecule has 2 heterocycles. The highest BCUT2D eigenvalue weighted by Gasteiger charge is 2.04. The van der Waals surface area contributed by atoms with E-state index in [1.54, 1.807) is 12.4 Å². The summed E-state index contributed by atoms with van der Waals surface area (Å²) >= 11 is 0. The lowest BCUT2D eigenvalue weighted by molar-refractivity contribution is 0.575. The highest BCUT2D eigenvalue weighted by molar-refractivity contribution is 5.36. The van der Waals surface area contributed by atoms with E-state index < -0.39 is 11.6 Å². The molecule has 0 aliphatic rings. The summed E-state index contributed by atoms with van der Waals surface area (Å²) in [5, 5.41) is 9.09. The minimum atomic E-state index is -0.710. The number of aromatic amines is 1. The van der Waals surface area contributed by atoms with Gasteiger partial charge in [0, 0.05) is 24.4 Å². The van der Waals surface area contributed by atoms with Gasteiger partial charge in [-0.25, -0.2) is 13.8 Å². The monoisotopic (exact) mass is 210 g/mol. The molecule has 2 aromatic heterocycles. The normalized spacial score (nSPS) is 10.3. The molecule has 0 spiro atoms. The molecule has 2 rings (SSSR count). The summed E-state index contributed by atoms with van der Waals surface area (Å²) in [6, 6.07) is 0.782. The molecular weight excluding hydrogens is 202 g/mol. The van der Waals surface area contributed by atoms with Crippen LogP contribution in [0.25, 0.3) is 0 Å². The van der Waals surface area contributed by atoms with Gasteiger partial charge in [0.1, 0.15) is 5.82 Å². The smallest absolute Gasteiger partial charge is 0.168 e. The number of rotatable bonds is 3. The Morgan fingerprint density at radius 3 is 2.87 bits per heavy atom. The zero-order valence-electron chi connectivity index (χ0n) is 7.67. The highest BCUT2D eigenvalue weighted by atomic mass is 19.1. The fourth-order valence-electron chi connectivity index (χ4n) is 1.10. The SMILES string of the molecule is Fc1cnc(NCc2cn[nH]c2)c(F)c1. The number of nitrogens with one attached hydrogen (secondary N) is 2. The Hall–Kier alpha value is -1.98. The number of hydrogen-bond acceptors (Lipinski definition) is 3. The summed E-state index contributed by atoms with van der Waals surface area (Å²) in [6.45, 7) is 0.381. The second-order valence-corrected chi connectivity index (χ2v) is 2.94. The lowest BCUT2D eigenvalue weighted by Crippen LogP contribution is -2.03. The molecule has 0 unspecified atom stereocenters. The van der Waals surface area contributed by atoms with Crippen LogP contribution in [0.5, 0.6) is 0 Å². The standard InChI is InChI=1S/C9H8F2N4/c10-7-1-8(11)9(13-5-7)12-2-6-3-14-15-4-6/h1,3-5H,2H2,(H,12,13)(H,14,15). The first-order chi connectivity index (χ1) is 7.25. The van der Waals surface area contributed by atoms with E-state index in [9.17, 15) is 8.78 Å². The van der Waals surface area contributed by atoms with Gasteiger partial charge in [-0.05, 0) is 0 Å². The summed E-state index contributed by atoms with van der Waals surface area (Å²) in [5.41, 5.74) is 0.862. The van der Waals surface area contributed by atoms with E-state index in [2.05, 4.69) is 20.5 Å². The molecule has 0 bridgehead atoms. The lowest BCUT2D eigenvalue weighted by Gasteiger charge is -2.04. The lowest BCUT2D eigenvalue weighted by atomic mass is 10.3. The van der Waals surface area contributed by atoms with Gasteiger partial charge < -0.3 is 5.32 Å². The number of aromatic nitrogens is 3. The van der Waals surface area contributed by atoms with Crippen LogP contribution in [-0.4, -0.2) is 15.2 Å². The predicted molar refractivity (Wildman–Crippen MR) is 50.1 cm³/mol. The maximum atomic E-state index is 13.1. The van der Waals surface area contributed by atoms with Crippen molar-refractivity contribution in [3.63, 3.8) is 0 Å². The molecule has 0 radical (unpaired) electrons. The first-order valence-corrected chi connectivity index (χ1v) is 4.28. The molecule has 0 saturated heterocycles. The van der Waals surface area contributed by atoms with Crippen LogP contribution in [-0.2, 0) is 6.54 Å². The van der Waals surface area contributed by atoms with Crippen LogP contribution in [0.15, 0.2) is 24.7 Å². The van der Waals surface area contributed by atoms with Crippen LogP contribution < -0.4 is 5.32 Å². The molecule has 78 valence electrons. The van der Waals surface area contributed by atoms with Crippen LogP contribution in [0.3, 0.4) is 0 Å². The molecule has 0 atom stereocenters. The van der Waals surface area contributed by atoms with Crippen molar-refractivity contribution in [2.24, 2.45) is 0 Å². The fourth-order valence-corrected chi connectivity index (χ4v) is 1.10. The van der Waals surface area contributed by atoms with E-state index in [1.807, 2.05) is 0 Å². The van der Waals surface area contributed by atoms with Gasteiger partial charge in [-0.1, -0.05) is 0 Å². The van der Waals surface area contributed by atoms with Crippen LogP contribution in [0.4, 0.5) is 14.6 Å². The van der Waals surface area contributed by atoms with E-state index in [0.717, 1.165) is 17.8 Å². The van der Waals surface area contributed by atoms with Crippen molar-refractivity contribution in [1.82, 2.24) is 15.2 Å². The van der Waals surface area contributed by atoms with Crippen LogP contribution in [0, 0.1) is 11.6 Å². The minimum absolute atomic E-state index is 0.0256. The van der Waals surface area contributed by atoms with E-state index in [1.165, 1.54) is 0 Å². The molecule has 0 fully saturated rings. The molecule has 6 heteroatoms. The third-order valence-electron chi connectivity index (χ3n) is 1.82. The zero-order valence-corrected chi connectivity index (χ0v) is 7.67. The summed E-state index contributed by atoms with van der Waals surface area (Å²) in [5.74, 6) is -1.38. The predicted octanol–water partition coefficient (Wildman–Crippen LogP) is 1.69. The quantitative estimate of drug-likeness (QED) is 0.810. The molecule has 0 aromatic carbocycles. The average Bonchev–Trinajstić information content (AvgIpc) is 2.69. The summed E-state index contributed by atoms with van der Waals surface area (Å²) in [6.07, 6.45) is 4.24. The number of anilines is 1. The second kappa shape index (κ2) is 4.04. The minimum Gasteiger partial charge on any atom is -0.363 e. The Morgan fingerprint density at radius 2 is 2.20 bits per heavy atom. The van der Waals surface area contributed by atoms with Gasteiger partial charge in [0.05, 0.1) is 12.4 Å². The van der Waals surface area contributed by atoms with Crippen molar-refractivity contribution in [2.45, 2.75) is 6.54 Å². The molecular formula is C9H8F2N4. The molecule has 4 nitrogen and oxygen atoms in total. The third-order valence-corrected chi connectivity index (χ3v) is 1.82. The van der Waals surface area contributed by atoms with Crippen molar-refractivity contribution >= 4 is 5.82 Å². The first kappa shape index (κ1) is 9.57. The van der Waals surface area contributed by atoms with E-state index in [-0.39, 0.29) is 5.82 Å². The molecule has 0 saturated carbocycles. The molecule has 0 amide bonds. The van der Waals surface area contributed by atoms with Gasteiger partial charge in [0.25, 0.3) is 0 Å². The maximum Gasteiger partial charge on any atom is 0.168 e. The van der Waals surface area contributed by atoms with E-state index >= 15 is 0 Å². The molecule has 0 aliphatic heterocycles. The summed E-state index contributed by atoms with van der Waals surface area (Å²) in [4.78, 5) is 3.59. The Labute approximate surface area is 84.4 Å². The largest absolute Gasteiger partial charge is 0.363 e. The maximum absolute atomic E-state index is 13.1. The van der Waals surface area contributed by atoms with Crippen molar-refractivity contribution in [3.05, 3.63) is 41.9 Å². The van der Waals surface area contributed by atoms with Crippen LogP contribution in [0.2, 0.25) is 0 Å². The van der Waals surface area contributed by atoms with Gasteiger partial charge in [-0.2, -0.15) is 5.10 Å². The fraction of sp³-hybridized carbons (Fsp3) is 0.111. The zero-order chi connectivity index (χ0) is 10.7. The van der Waals surface area contributed by atoms with Crippen molar-refractivity contribution in [1.29, 1.82) is 0 Å².